The van der Waals surface area contributed by atoms with Gasteiger partial charge in [-0.2, -0.15) is 0 Å². The van der Waals surface area contributed by atoms with Crippen LogP contribution in [0.25, 0.3) is 0 Å². The maximum Gasteiger partial charge on any atom is 0.247 e. The standard InChI is InChI=1S/C20H32N2O4/c1-5-10-20(14-23)11-12-22(13-17(20)24)18(25)19(2,3)21-15-6-8-16(26-4)9-7-15/h6-9,17,21,23-24H,5,10-14H2,1-4H3/t17-,20-/m1/s1. The number of β-amino-alcohol motifs (C(OH)–C–C–N with tert-alkyl or cyclic N) is 1. The Bertz CT molecular complexity index is 602. The van der Waals surface area contributed by atoms with Crippen LogP contribution in [0.3, 0.4) is 0 Å². The fraction of sp³-hybridized carbons (Fsp3) is 0.650. The lowest BCUT2D eigenvalue weighted by atomic mass is 9.73. The van der Waals surface area contributed by atoms with Crippen molar-refractivity contribution in [2.24, 2.45) is 5.41 Å². The number of carbonyl (C=O) groups excluding carboxylic acids is 1. The molecule has 1 heterocycles. The Hall–Kier alpha value is -1.79. The number of aliphatic hydroxyl groups excluding tert-OH is 2. The van der Waals surface area contributed by atoms with Crippen molar-refractivity contribution in [3.63, 3.8) is 0 Å². The van der Waals surface area contributed by atoms with Crippen molar-refractivity contribution in [2.45, 2.75) is 51.7 Å². The highest BCUT2D eigenvalue weighted by Crippen LogP contribution is 2.36. The highest BCUT2D eigenvalue weighted by Gasteiger charge is 2.44. The molecule has 0 radical (unpaired) electrons. The Balaban J connectivity index is 2.05. The molecule has 1 aliphatic heterocycles. The molecule has 0 spiro atoms. The SMILES string of the molecule is CCC[C@]1(CO)CCN(C(=O)C(C)(C)Nc2ccc(OC)cc2)C[C@H]1O. The Labute approximate surface area is 156 Å². The zero-order valence-corrected chi connectivity index (χ0v) is 16.3. The van der Waals surface area contributed by atoms with Crippen LogP contribution < -0.4 is 10.1 Å². The Morgan fingerprint density at radius 1 is 1.38 bits per heavy atom. The summed E-state index contributed by atoms with van der Waals surface area (Å²) in [6.45, 7) is 6.48. The summed E-state index contributed by atoms with van der Waals surface area (Å²) in [6.07, 6.45) is 1.57. The van der Waals surface area contributed by atoms with Gasteiger partial charge in [0.25, 0.3) is 0 Å². The summed E-state index contributed by atoms with van der Waals surface area (Å²) in [6, 6.07) is 7.43. The van der Waals surface area contributed by atoms with Gasteiger partial charge in [-0.3, -0.25) is 4.79 Å². The van der Waals surface area contributed by atoms with Crippen LogP contribution in [0.5, 0.6) is 5.75 Å². The van der Waals surface area contributed by atoms with E-state index in [1.165, 1.54) is 0 Å². The summed E-state index contributed by atoms with van der Waals surface area (Å²) >= 11 is 0. The van der Waals surface area contributed by atoms with Gasteiger partial charge in [-0.15, -0.1) is 0 Å². The number of piperidine rings is 1. The molecular formula is C20H32N2O4. The zero-order valence-electron chi connectivity index (χ0n) is 16.3. The van der Waals surface area contributed by atoms with E-state index in [9.17, 15) is 15.0 Å². The van der Waals surface area contributed by atoms with E-state index in [2.05, 4.69) is 5.32 Å². The normalized spacial score (nSPS) is 23.6. The predicted octanol–water partition coefficient (Wildman–Crippen LogP) is 2.26. The quantitative estimate of drug-likeness (QED) is 0.691. The van der Waals surface area contributed by atoms with Crippen LogP contribution >= 0.6 is 0 Å². The lowest BCUT2D eigenvalue weighted by Gasteiger charge is -2.46. The molecule has 6 heteroatoms. The number of carbonyl (C=O) groups is 1. The van der Waals surface area contributed by atoms with Crippen LogP contribution in [0, 0.1) is 5.41 Å². The van der Waals surface area contributed by atoms with Crippen LogP contribution in [0.1, 0.15) is 40.0 Å². The van der Waals surface area contributed by atoms with Crippen LogP contribution in [0.15, 0.2) is 24.3 Å². The molecule has 1 saturated heterocycles. The summed E-state index contributed by atoms with van der Waals surface area (Å²) in [7, 11) is 1.61. The Morgan fingerprint density at radius 3 is 2.54 bits per heavy atom. The molecule has 1 amide bonds. The highest BCUT2D eigenvalue weighted by atomic mass is 16.5. The smallest absolute Gasteiger partial charge is 0.247 e. The molecule has 0 unspecified atom stereocenters. The van der Waals surface area contributed by atoms with Crippen LogP contribution in [-0.4, -0.2) is 59.5 Å². The number of anilines is 1. The molecule has 2 atom stereocenters. The van der Waals surface area contributed by atoms with E-state index >= 15 is 0 Å². The molecule has 2 rings (SSSR count). The summed E-state index contributed by atoms with van der Waals surface area (Å²) in [5.41, 5.74) is -0.463. The molecule has 146 valence electrons. The third kappa shape index (κ3) is 4.30. The van der Waals surface area contributed by atoms with Crippen molar-refractivity contribution in [2.75, 3.05) is 32.1 Å². The van der Waals surface area contributed by atoms with Crippen molar-refractivity contribution < 1.29 is 19.7 Å². The van der Waals surface area contributed by atoms with Crippen LogP contribution in [0.2, 0.25) is 0 Å². The fourth-order valence-electron chi connectivity index (χ4n) is 3.74. The first-order valence-electron chi connectivity index (χ1n) is 9.28. The van der Waals surface area contributed by atoms with Gasteiger partial charge in [0.05, 0.1) is 19.8 Å². The molecular weight excluding hydrogens is 332 g/mol. The summed E-state index contributed by atoms with van der Waals surface area (Å²) in [5.74, 6) is 0.700. The number of rotatable bonds is 7. The number of hydrogen-bond acceptors (Lipinski definition) is 5. The molecule has 26 heavy (non-hydrogen) atoms. The van der Waals surface area contributed by atoms with Crippen molar-refractivity contribution in [1.29, 1.82) is 0 Å². The van der Waals surface area contributed by atoms with Crippen molar-refractivity contribution >= 4 is 11.6 Å². The van der Waals surface area contributed by atoms with E-state index in [0.29, 0.717) is 13.0 Å². The molecule has 1 aliphatic rings. The lowest BCUT2D eigenvalue weighted by molar-refractivity contribution is -0.145. The van der Waals surface area contributed by atoms with E-state index in [4.69, 9.17) is 4.74 Å². The van der Waals surface area contributed by atoms with Gasteiger partial charge in [-0.25, -0.2) is 0 Å². The first-order chi connectivity index (χ1) is 12.3. The molecule has 1 aromatic rings. The van der Waals surface area contributed by atoms with Crippen molar-refractivity contribution in [1.82, 2.24) is 4.90 Å². The third-order valence-corrected chi connectivity index (χ3v) is 5.41. The molecule has 1 fully saturated rings. The minimum Gasteiger partial charge on any atom is -0.497 e. The summed E-state index contributed by atoms with van der Waals surface area (Å²) in [5, 5.41) is 23.6. The first kappa shape index (κ1) is 20.5. The van der Waals surface area contributed by atoms with Gasteiger partial charge in [-0.1, -0.05) is 13.3 Å². The van der Waals surface area contributed by atoms with Gasteiger partial charge in [-0.05, 0) is 51.0 Å². The maximum absolute atomic E-state index is 13.0. The summed E-state index contributed by atoms with van der Waals surface area (Å²) < 4.78 is 5.15. The third-order valence-electron chi connectivity index (χ3n) is 5.41. The monoisotopic (exact) mass is 364 g/mol. The maximum atomic E-state index is 13.0. The molecule has 0 bridgehead atoms. The van der Waals surface area contributed by atoms with Crippen LogP contribution in [-0.2, 0) is 4.79 Å². The molecule has 1 aromatic carbocycles. The Kier molecular flexibility index (Phi) is 6.53. The Morgan fingerprint density at radius 2 is 2.04 bits per heavy atom. The number of benzene rings is 1. The number of amides is 1. The van der Waals surface area contributed by atoms with Gasteiger partial charge in [0, 0.05) is 24.2 Å². The highest BCUT2D eigenvalue weighted by molar-refractivity contribution is 5.88. The lowest BCUT2D eigenvalue weighted by Crippen LogP contribution is -2.59. The number of aliphatic hydroxyl groups is 2. The topological polar surface area (TPSA) is 82.0 Å². The number of methoxy groups -OCH3 is 1. The van der Waals surface area contributed by atoms with E-state index in [1.54, 1.807) is 12.0 Å². The molecule has 0 aromatic heterocycles. The number of hydrogen-bond donors (Lipinski definition) is 3. The zero-order chi connectivity index (χ0) is 19.4. The van der Waals surface area contributed by atoms with Gasteiger partial charge < -0.3 is 25.2 Å². The first-order valence-corrected chi connectivity index (χ1v) is 9.28. The van der Waals surface area contributed by atoms with Gasteiger partial charge in [0.1, 0.15) is 11.3 Å². The number of ether oxygens (including phenoxy) is 1. The molecule has 0 aliphatic carbocycles. The molecule has 6 nitrogen and oxygen atoms in total. The van der Waals surface area contributed by atoms with E-state index < -0.39 is 17.1 Å². The summed E-state index contributed by atoms with van der Waals surface area (Å²) in [4.78, 5) is 14.7. The van der Waals surface area contributed by atoms with Crippen molar-refractivity contribution in [3.05, 3.63) is 24.3 Å². The largest absolute Gasteiger partial charge is 0.497 e. The number of likely N-dealkylation sites (tertiary alicyclic amines) is 1. The van der Waals surface area contributed by atoms with Gasteiger partial charge >= 0.3 is 0 Å². The number of nitrogens with zero attached hydrogens (tertiary/aromatic N) is 1. The average Bonchev–Trinajstić information content (AvgIpc) is 2.63. The number of nitrogens with one attached hydrogen (secondary N) is 1. The van der Waals surface area contributed by atoms with E-state index in [1.807, 2.05) is 45.0 Å². The van der Waals surface area contributed by atoms with Gasteiger partial charge in [0.15, 0.2) is 0 Å². The van der Waals surface area contributed by atoms with Crippen LogP contribution in [0.4, 0.5) is 5.69 Å². The molecule has 0 saturated carbocycles. The minimum atomic E-state index is -0.807. The fourth-order valence-corrected chi connectivity index (χ4v) is 3.74. The minimum absolute atomic E-state index is 0.0441. The van der Waals surface area contributed by atoms with E-state index in [0.717, 1.165) is 24.3 Å². The van der Waals surface area contributed by atoms with E-state index in [-0.39, 0.29) is 19.1 Å². The second-order valence-corrected chi connectivity index (χ2v) is 7.77. The average molecular weight is 364 g/mol. The predicted molar refractivity (Wildman–Crippen MR) is 102 cm³/mol. The molecule has 3 N–H and O–H groups in total. The van der Waals surface area contributed by atoms with Crippen molar-refractivity contribution in [3.8, 4) is 5.75 Å². The second-order valence-electron chi connectivity index (χ2n) is 7.77. The second kappa shape index (κ2) is 8.27. The van der Waals surface area contributed by atoms with Gasteiger partial charge in [0.2, 0.25) is 5.91 Å².